The second-order valence-electron chi connectivity index (χ2n) is 15.3. The van der Waals surface area contributed by atoms with Crippen LogP contribution in [0.5, 0.6) is 34.5 Å². The molecule has 0 bridgehead atoms. The van der Waals surface area contributed by atoms with E-state index in [2.05, 4.69) is 0 Å². The predicted molar refractivity (Wildman–Crippen MR) is 257 cm³/mol. The Bertz CT molecular complexity index is 3540. The van der Waals surface area contributed by atoms with Crippen LogP contribution < -0.4 is 26.8 Å². The van der Waals surface area contributed by atoms with Gasteiger partial charge >= 0.3 is 30.4 Å². The maximum absolute atomic E-state index is 14.3. The molecule has 342 valence electrons. The van der Waals surface area contributed by atoms with Crippen LogP contribution in [0, 0.1) is 0 Å². The van der Waals surface area contributed by atoms with Crippen LogP contribution in [0.3, 0.4) is 0 Å². The van der Waals surface area contributed by atoms with Gasteiger partial charge in [-0.05, 0) is 113 Å². The molecule has 0 aliphatic carbocycles. The summed E-state index contributed by atoms with van der Waals surface area (Å²) in [6.07, 6.45) is 0. The van der Waals surface area contributed by atoms with Gasteiger partial charge in [0.05, 0.1) is 5.39 Å². The maximum Gasteiger partial charge on any atom is 0.339 e. The minimum atomic E-state index is -4.69. The first-order valence-electron chi connectivity index (χ1n) is 21.0. The van der Waals surface area contributed by atoms with Gasteiger partial charge in [-0.1, -0.05) is 115 Å². The lowest BCUT2D eigenvalue weighted by Crippen LogP contribution is -2.13. The highest BCUT2D eigenvalue weighted by molar-refractivity contribution is 7.87. The van der Waals surface area contributed by atoms with Gasteiger partial charge in [-0.2, -0.15) is 25.3 Å². The Morgan fingerprint density at radius 1 is 0.324 bits per heavy atom. The molecule has 0 spiro atoms. The first-order chi connectivity index (χ1) is 32.9. The summed E-state index contributed by atoms with van der Waals surface area (Å²) in [5, 5.41) is 0.393. The van der Waals surface area contributed by atoms with E-state index >= 15 is 0 Å². The molecule has 0 atom stereocenters. The normalized spacial score (nSPS) is 11.8. The Hall–Kier alpha value is -7.85. The van der Waals surface area contributed by atoms with Gasteiger partial charge < -0.3 is 26.8 Å². The highest BCUT2D eigenvalue weighted by Crippen LogP contribution is 2.45. The van der Waals surface area contributed by atoms with Gasteiger partial charge in [0.15, 0.2) is 17.2 Å². The van der Waals surface area contributed by atoms with Crippen LogP contribution in [0.4, 0.5) is 0 Å². The van der Waals surface area contributed by atoms with E-state index in [1.165, 1.54) is 109 Å². The molecular weight excluding hydrogens is 925 g/mol. The van der Waals surface area contributed by atoms with Gasteiger partial charge in [-0.15, -0.1) is 0 Å². The standard InChI is InChI=1S/C53H40O12S3/c54-66(55,45-28-22-42(23-29-45)60-35-38-12-4-1-5-13-38)63-50-20-11-19-48-49(50)34-41-18-10-21-51(64-67(56,57)46-30-24-43(25-31-46)61-36-39-14-6-2-7-15-39)52(41)53(48)65-68(58,59)47-32-26-44(27-33-47)62-37-40-16-8-3-9-17-40/h1-34H,35-37H2. The lowest BCUT2D eigenvalue weighted by Gasteiger charge is -2.18. The van der Waals surface area contributed by atoms with Crippen LogP contribution in [0.2, 0.25) is 0 Å². The molecule has 9 aromatic carbocycles. The van der Waals surface area contributed by atoms with E-state index in [-0.39, 0.29) is 73.3 Å². The Kier molecular flexibility index (Phi) is 13.0. The van der Waals surface area contributed by atoms with E-state index in [0.29, 0.717) is 17.2 Å². The van der Waals surface area contributed by atoms with Crippen molar-refractivity contribution in [1.29, 1.82) is 0 Å². The molecule has 0 aromatic heterocycles. The van der Waals surface area contributed by atoms with E-state index in [4.69, 9.17) is 26.8 Å². The van der Waals surface area contributed by atoms with Crippen molar-refractivity contribution >= 4 is 51.9 Å². The van der Waals surface area contributed by atoms with Crippen molar-refractivity contribution in [2.45, 2.75) is 34.5 Å². The highest BCUT2D eigenvalue weighted by atomic mass is 32.2. The third kappa shape index (κ3) is 10.6. The van der Waals surface area contributed by atoms with Crippen molar-refractivity contribution < 1.29 is 52.0 Å². The summed E-state index contributed by atoms with van der Waals surface area (Å²) < 4.78 is 119. The summed E-state index contributed by atoms with van der Waals surface area (Å²) in [6.45, 7) is 0.790. The van der Waals surface area contributed by atoms with Crippen LogP contribution >= 0.6 is 0 Å². The summed E-state index contributed by atoms with van der Waals surface area (Å²) in [4.78, 5) is -0.625. The second kappa shape index (κ2) is 19.5. The number of hydrogen-bond acceptors (Lipinski definition) is 12. The Morgan fingerprint density at radius 2 is 0.691 bits per heavy atom. The lowest BCUT2D eigenvalue weighted by atomic mass is 10.0. The first kappa shape index (κ1) is 45.3. The Morgan fingerprint density at radius 3 is 1.12 bits per heavy atom. The minimum Gasteiger partial charge on any atom is -0.489 e. The molecule has 0 aliphatic heterocycles. The SMILES string of the molecule is O=S(=O)(Oc1cccc2c(OS(=O)(=O)c3ccc(OCc4ccccc4)cc3)c3c(OS(=O)(=O)c4ccc(OCc5ccccc5)cc4)cccc3cc12)c1ccc(OCc2ccccc2)cc1. The molecule has 0 fully saturated rings. The largest absolute Gasteiger partial charge is 0.489 e. The van der Waals surface area contributed by atoms with E-state index in [0.717, 1.165) is 16.7 Å². The molecule has 0 saturated heterocycles. The quantitative estimate of drug-likeness (QED) is 0.0593. The fourth-order valence-electron chi connectivity index (χ4n) is 7.14. The van der Waals surface area contributed by atoms with Crippen LogP contribution in [0.25, 0.3) is 21.5 Å². The van der Waals surface area contributed by atoms with Gasteiger partial charge in [0.2, 0.25) is 0 Å². The number of benzene rings is 9. The molecular formula is C53H40O12S3. The number of fused-ring (bicyclic) bond motifs is 2. The fraction of sp³-hybridized carbons (Fsp3) is 0.0566. The van der Waals surface area contributed by atoms with Crippen molar-refractivity contribution in [1.82, 2.24) is 0 Å². The van der Waals surface area contributed by atoms with Crippen LogP contribution in [0.1, 0.15) is 16.7 Å². The third-order valence-corrected chi connectivity index (χ3v) is 14.3. The first-order valence-corrected chi connectivity index (χ1v) is 25.3. The lowest BCUT2D eigenvalue weighted by molar-refractivity contribution is 0.306. The third-order valence-electron chi connectivity index (χ3n) is 10.6. The van der Waals surface area contributed by atoms with Crippen molar-refractivity contribution in [3.63, 3.8) is 0 Å². The topological polar surface area (TPSA) is 158 Å². The molecule has 0 radical (unpaired) electrons. The molecule has 0 heterocycles. The summed E-state index contributed by atoms with van der Waals surface area (Å²) >= 11 is 0. The molecule has 15 heteroatoms. The maximum atomic E-state index is 14.3. The zero-order valence-corrected chi connectivity index (χ0v) is 38.3. The van der Waals surface area contributed by atoms with E-state index < -0.39 is 30.4 Å². The number of rotatable bonds is 18. The van der Waals surface area contributed by atoms with Gasteiger partial charge in [-0.3, -0.25) is 0 Å². The molecule has 0 amide bonds. The molecule has 0 N–H and O–H groups in total. The summed E-state index contributed by atoms with van der Waals surface area (Å²) in [6, 6.07) is 55.7. The fourth-order valence-corrected chi connectivity index (χ4v) is 9.99. The zero-order valence-electron chi connectivity index (χ0n) is 35.9. The van der Waals surface area contributed by atoms with Crippen molar-refractivity contribution in [2.24, 2.45) is 0 Å². The molecule has 68 heavy (non-hydrogen) atoms. The average Bonchev–Trinajstić information content (AvgIpc) is 3.36. The monoisotopic (exact) mass is 964 g/mol. The van der Waals surface area contributed by atoms with E-state index in [9.17, 15) is 25.3 Å². The van der Waals surface area contributed by atoms with E-state index in [1.807, 2.05) is 91.0 Å². The van der Waals surface area contributed by atoms with Crippen molar-refractivity contribution in [3.05, 3.63) is 223 Å². The Balaban J connectivity index is 1.05. The Labute approximate surface area is 393 Å². The highest BCUT2D eigenvalue weighted by Gasteiger charge is 2.27. The smallest absolute Gasteiger partial charge is 0.339 e. The summed E-state index contributed by atoms with van der Waals surface area (Å²) in [5.74, 6) is 0.483. The second-order valence-corrected chi connectivity index (χ2v) is 19.9. The minimum absolute atomic E-state index is 0.0381. The van der Waals surface area contributed by atoms with Crippen LogP contribution in [0.15, 0.2) is 221 Å². The predicted octanol–water partition coefficient (Wildman–Crippen LogP) is 11.0. The van der Waals surface area contributed by atoms with Gasteiger partial charge in [-0.25, -0.2) is 0 Å². The summed E-state index contributed by atoms with van der Waals surface area (Å²) in [7, 11) is -13.7. The van der Waals surface area contributed by atoms with Crippen molar-refractivity contribution in [3.8, 4) is 34.5 Å². The van der Waals surface area contributed by atoms with Crippen molar-refractivity contribution in [2.75, 3.05) is 0 Å². The number of ether oxygens (including phenoxy) is 3. The number of hydrogen-bond donors (Lipinski definition) is 0. The van der Waals surface area contributed by atoms with Crippen LogP contribution in [-0.4, -0.2) is 25.3 Å². The van der Waals surface area contributed by atoms with Gasteiger partial charge in [0.1, 0.15) is 51.8 Å². The van der Waals surface area contributed by atoms with Gasteiger partial charge in [0.25, 0.3) is 0 Å². The van der Waals surface area contributed by atoms with E-state index in [1.54, 1.807) is 6.07 Å². The summed E-state index contributed by atoms with van der Waals surface area (Å²) in [5.41, 5.74) is 2.78. The zero-order chi connectivity index (χ0) is 47.1. The molecule has 9 rings (SSSR count). The average molecular weight is 965 g/mol. The van der Waals surface area contributed by atoms with Gasteiger partial charge in [0, 0.05) is 10.8 Å². The van der Waals surface area contributed by atoms with Crippen LogP contribution in [-0.2, 0) is 50.2 Å². The molecule has 0 aliphatic rings. The molecule has 12 nitrogen and oxygen atoms in total. The molecule has 0 saturated carbocycles. The molecule has 9 aromatic rings. The molecule has 0 unspecified atom stereocenters.